The minimum Gasteiger partial charge on any atom is -0.497 e. The van der Waals surface area contributed by atoms with E-state index in [2.05, 4.69) is 17.0 Å². The van der Waals surface area contributed by atoms with Crippen molar-refractivity contribution in [2.75, 3.05) is 7.11 Å². The molecule has 5 heteroatoms. The first-order valence-corrected chi connectivity index (χ1v) is 9.14. The Morgan fingerprint density at radius 2 is 1.78 bits per heavy atom. The lowest BCUT2D eigenvalue weighted by molar-refractivity contribution is 0.414. The van der Waals surface area contributed by atoms with Gasteiger partial charge in [0, 0.05) is 5.69 Å². The van der Waals surface area contributed by atoms with E-state index in [0.29, 0.717) is 5.56 Å². The van der Waals surface area contributed by atoms with Crippen LogP contribution in [-0.4, -0.2) is 22.6 Å². The van der Waals surface area contributed by atoms with Crippen LogP contribution in [0.3, 0.4) is 0 Å². The summed E-state index contributed by atoms with van der Waals surface area (Å²) in [5.41, 5.74) is 4.99. The van der Waals surface area contributed by atoms with Gasteiger partial charge in [0.15, 0.2) is 0 Å². The molecule has 0 aliphatic rings. The number of aryl methyl sites for hydroxylation is 2. The second-order valence-corrected chi connectivity index (χ2v) is 6.59. The van der Waals surface area contributed by atoms with Crippen LogP contribution in [-0.2, 0) is 6.42 Å². The van der Waals surface area contributed by atoms with Crippen LogP contribution in [0.15, 0.2) is 58.3 Å². The molecule has 140 valence electrons. The Kier molecular flexibility index (Phi) is 5.60. The van der Waals surface area contributed by atoms with E-state index in [-0.39, 0.29) is 5.56 Å². The van der Waals surface area contributed by atoms with Crippen molar-refractivity contribution in [1.82, 2.24) is 9.78 Å². The van der Waals surface area contributed by atoms with E-state index in [1.54, 1.807) is 11.8 Å². The van der Waals surface area contributed by atoms with Crippen LogP contribution >= 0.6 is 0 Å². The zero-order chi connectivity index (χ0) is 19.4. The standard InChI is InChI=1S/C22H25N3O2/c1-5-6-20-21(16(3)23-17-9-7-15(2)8-10-17)22(26)25(24-20)18-11-13-19(27-4)14-12-18/h7-14,24H,5-6H2,1-4H3. The molecule has 0 bridgehead atoms. The Bertz CT molecular complexity index is 994. The summed E-state index contributed by atoms with van der Waals surface area (Å²) in [5, 5.41) is 3.26. The monoisotopic (exact) mass is 363 g/mol. The highest BCUT2D eigenvalue weighted by Gasteiger charge is 2.17. The lowest BCUT2D eigenvalue weighted by Gasteiger charge is -2.03. The summed E-state index contributed by atoms with van der Waals surface area (Å²) in [7, 11) is 1.62. The van der Waals surface area contributed by atoms with Crippen LogP contribution in [0, 0.1) is 6.92 Å². The molecule has 1 aromatic heterocycles. The van der Waals surface area contributed by atoms with Crippen molar-refractivity contribution in [3.63, 3.8) is 0 Å². The molecule has 1 heterocycles. The van der Waals surface area contributed by atoms with Crippen LogP contribution in [0.1, 0.15) is 37.1 Å². The quantitative estimate of drug-likeness (QED) is 0.652. The van der Waals surface area contributed by atoms with Gasteiger partial charge >= 0.3 is 0 Å². The lowest BCUT2D eigenvalue weighted by atomic mass is 10.1. The smallest absolute Gasteiger partial charge is 0.280 e. The zero-order valence-electron chi connectivity index (χ0n) is 16.2. The van der Waals surface area contributed by atoms with Crippen LogP contribution in [0.25, 0.3) is 5.69 Å². The van der Waals surface area contributed by atoms with E-state index in [9.17, 15) is 4.79 Å². The van der Waals surface area contributed by atoms with E-state index in [0.717, 1.165) is 41.4 Å². The second-order valence-electron chi connectivity index (χ2n) is 6.59. The molecular formula is C22H25N3O2. The average Bonchev–Trinajstić information content (AvgIpc) is 3.00. The summed E-state index contributed by atoms with van der Waals surface area (Å²) in [6.45, 7) is 6.03. The molecule has 1 N–H and O–H groups in total. The summed E-state index contributed by atoms with van der Waals surface area (Å²) < 4.78 is 6.78. The Morgan fingerprint density at radius 3 is 2.37 bits per heavy atom. The Balaban J connectivity index is 2.06. The number of aromatic nitrogens is 2. The molecule has 0 amide bonds. The maximum atomic E-state index is 13.1. The van der Waals surface area contributed by atoms with E-state index >= 15 is 0 Å². The number of rotatable bonds is 6. The van der Waals surface area contributed by atoms with Crippen LogP contribution in [0.2, 0.25) is 0 Å². The van der Waals surface area contributed by atoms with Crippen molar-refractivity contribution in [3.05, 3.63) is 75.7 Å². The third kappa shape index (κ3) is 4.03. The highest BCUT2D eigenvalue weighted by Crippen LogP contribution is 2.18. The number of methoxy groups -OCH3 is 1. The molecule has 0 radical (unpaired) electrons. The fraction of sp³-hybridized carbons (Fsp3) is 0.273. The van der Waals surface area contributed by atoms with Gasteiger partial charge in [-0.15, -0.1) is 0 Å². The summed E-state index contributed by atoms with van der Waals surface area (Å²) >= 11 is 0. The van der Waals surface area contributed by atoms with Gasteiger partial charge in [-0.2, -0.15) is 0 Å². The molecule has 2 aromatic carbocycles. The Labute approximate surface area is 159 Å². The SMILES string of the molecule is CCCc1[nH]n(-c2ccc(OC)cc2)c(=O)c1C(C)=Nc1ccc(C)cc1. The van der Waals surface area contributed by atoms with E-state index in [1.165, 1.54) is 5.56 Å². The largest absolute Gasteiger partial charge is 0.497 e. The van der Waals surface area contributed by atoms with Gasteiger partial charge in [-0.25, -0.2) is 4.68 Å². The van der Waals surface area contributed by atoms with Crippen molar-refractivity contribution >= 4 is 11.4 Å². The van der Waals surface area contributed by atoms with Crippen molar-refractivity contribution in [2.45, 2.75) is 33.6 Å². The van der Waals surface area contributed by atoms with Gasteiger partial charge in [-0.1, -0.05) is 31.0 Å². The molecule has 0 saturated carbocycles. The highest BCUT2D eigenvalue weighted by molar-refractivity contribution is 6.01. The minimum absolute atomic E-state index is 0.0861. The molecule has 3 aromatic rings. The number of nitrogens with zero attached hydrogens (tertiary/aromatic N) is 2. The van der Waals surface area contributed by atoms with Crippen LogP contribution < -0.4 is 10.3 Å². The lowest BCUT2D eigenvalue weighted by Crippen LogP contribution is -2.19. The zero-order valence-corrected chi connectivity index (χ0v) is 16.2. The molecule has 27 heavy (non-hydrogen) atoms. The van der Waals surface area contributed by atoms with Crippen molar-refractivity contribution < 1.29 is 4.74 Å². The molecule has 3 rings (SSSR count). The predicted molar refractivity (Wildman–Crippen MR) is 110 cm³/mol. The van der Waals surface area contributed by atoms with Crippen molar-refractivity contribution in [3.8, 4) is 11.4 Å². The summed E-state index contributed by atoms with van der Waals surface area (Å²) in [6.07, 6.45) is 1.72. The molecule has 0 unspecified atom stereocenters. The van der Waals surface area contributed by atoms with Gasteiger partial charge in [0.2, 0.25) is 0 Å². The first-order chi connectivity index (χ1) is 13.0. The molecule has 0 aliphatic heterocycles. The van der Waals surface area contributed by atoms with Crippen molar-refractivity contribution in [2.24, 2.45) is 4.99 Å². The van der Waals surface area contributed by atoms with Gasteiger partial charge in [0.05, 0.1) is 29.8 Å². The first kappa shape index (κ1) is 18.7. The molecule has 5 nitrogen and oxygen atoms in total. The maximum Gasteiger partial charge on any atom is 0.280 e. The van der Waals surface area contributed by atoms with Crippen molar-refractivity contribution in [1.29, 1.82) is 0 Å². The topological polar surface area (TPSA) is 59.4 Å². The summed E-state index contributed by atoms with van der Waals surface area (Å²) in [6, 6.07) is 15.4. The van der Waals surface area contributed by atoms with Gasteiger partial charge < -0.3 is 4.74 Å². The predicted octanol–water partition coefficient (Wildman–Crippen LogP) is 4.58. The summed E-state index contributed by atoms with van der Waals surface area (Å²) in [5.74, 6) is 0.754. The number of benzene rings is 2. The number of hydrogen-bond donors (Lipinski definition) is 1. The molecule has 0 saturated heterocycles. The van der Waals surface area contributed by atoms with E-state index in [4.69, 9.17) is 4.74 Å². The highest BCUT2D eigenvalue weighted by atomic mass is 16.5. The molecular weight excluding hydrogens is 338 g/mol. The Morgan fingerprint density at radius 1 is 1.11 bits per heavy atom. The van der Waals surface area contributed by atoms with E-state index < -0.39 is 0 Å². The first-order valence-electron chi connectivity index (χ1n) is 9.14. The van der Waals surface area contributed by atoms with Crippen LogP contribution in [0.4, 0.5) is 5.69 Å². The molecule has 0 spiro atoms. The number of ether oxygens (including phenoxy) is 1. The second kappa shape index (κ2) is 8.08. The molecule has 0 fully saturated rings. The number of H-pyrrole nitrogens is 1. The average molecular weight is 363 g/mol. The number of nitrogens with one attached hydrogen (secondary N) is 1. The van der Waals surface area contributed by atoms with Gasteiger partial charge in [0.25, 0.3) is 5.56 Å². The third-order valence-corrected chi connectivity index (χ3v) is 4.49. The maximum absolute atomic E-state index is 13.1. The fourth-order valence-electron chi connectivity index (χ4n) is 3.07. The number of aromatic amines is 1. The number of aliphatic imine (C=N–C) groups is 1. The normalized spacial score (nSPS) is 11.6. The van der Waals surface area contributed by atoms with Gasteiger partial charge in [0.1, 0.15) is 5.75 Å². The van der Waals surface area contributed by atoms with Crippen LogP contribution in [0.5, 0.6) is 5.75 Å². The van der Waals surface area contributed by atoms with Gasteiger partial charge in [-0.3, -0.25) is 14.9 Å². The molecule has 0 atom stereocenters. The van der Waals surface area contributed by atoms with E-state index in [1.807, 2.05) is 62.4 Å². The summed E-state index contributed by atoms with van der Waals surface area (Å²) in [4.78, 5) is 17.8. The minimum atomic E-state index is -0.0861. The number of hydrogen-bond acceptors (Lipinski definition) is 3. The molecule has 0 aliphatic carbocycles. The third-order valence-electron chi connectivity index (χ3n) is 4.49. The Hall–Kier alpha value is -3.08. The fourth-order valence-corrected chi connectivity index (χ4v) is 3.07. The van der Waals surface area contributed by atoms with Gasteiger partial charge in [-0.05, 0) is 56.7 Å².